The Morgan fingerprint density at radius 3 is 2.45 bits per heavy atom. The van der Waals surface area contributed by atoms with Gasteiger partial charge in [-0.3, -0.25) is 4.79 Å². The zero-order valence-corrected chi connectivity index (χ0v) is 13.4. The van der Waals surface area contributed by atoms with E-state index in [0.717, 1.165) is 38.4 Å². The molecule has 3 heteroatoms. The molecular weight excluding hydrogens is 248 g/mol. The van der Waals surface area contributed by atoms with E-state index >= 15 is 0 Å². The molecule has 0 radical (unpaired) electrons. The van der Waals surface area contributed by atoms with E-state index in [1.54, 1.807) is 0 Å². The number of hydrogen-bond donors (Lipinski definition) is 1. The number of hydrogen-bond acceptors (Lipinski definition) is 2. The van der Waals surface area contributed by atoms with Crippen LogP contribution in [0, 0.1) is 11.8 Å². The lowest BCUT2D eigenvalue weighted by Crippen LogP contribution is -2.49. The Kier molecular flexibility index (Phi) is 6.34. The molecule has 20 heavy (non-hydrogen) atoms. The molecule has 0 aromatic heterocycles. The van der Waals surface area contributed by atoms with Crippen LogP contribution in [0.25, 0.3) is 0 Å². The SMILES string of the molecule is CCC(CC)C(=O)N1CCCCCC1C1CCNCC1. The first-order valence-electron chi connectivity index (χ1n) is 8.79. The van der Waals surface area contributed by atoms with Crippen LogP contribution in [0.1, 0.15) is 65.2 Å². The lowest BCUT2D eigenvalue weighted by Gasteiger charge is -2.39. The van der Waals surface area contributed by atoms with Crippen molar-refractivity contribution in [1.82, 2.24) is 10.2 Å². The van der Waals surface area contributed by atoms with Crippen molar-refractivity contribution in [2.24, 2.45) is 11.8 Å². The highest BCUT2D eigenvalue weighted by Gasteiger charge is 2.34. The van der Waals surface area contributed by atoms with Gasteiger partial charge in [0.1, 0.15) is 0 Å². The van der Waals surface area contributed by atoms with Crippen LogP contribution in [0.15, 0.2) is 0 Å². The molecule has 116 valence electrons. The van der Waals surface area contributed by atoms with Crippen LogP contribution in [0.5, 0.6) is 0 Å². The van der Waals surface area contributed by atoms with Gasteiger partial charge in [-0.25, -0.2) is 0 Å². The highest BCUT2D eigenvalue weighted by Crippen LogP contribution is 2.30. The molecule has 0 spiro atoms. The van der Waals surface area contributed by atoms with Gasteiger partial charge in [0.15, 0.2) is 0 Å². The van der Waals surface area contributed by atoms with E-state index in [-0.39, 0.29) is 5.92 Å². The first kappa shape index (κ1) is 15.8. The van der Waals surface area contributed by atoms with Crippen molar-refractivity contribution in [2.75, 3.05) is 19.6 Å². The zero-order valence-electron chi connectivity index (χ0n) is 13.4. The molecule has 0 bridgehead atoms. The summed E-state index contributed by atoms with van der Waals surface area (Å²) in [6.07, 6.45) is 9.52. The standard InChI is InChI=1S/C17H32N2O/c1-3-14(4-2)17(20)19-13-7-5-6-8-16(19)15-9-11-18-12-10-15/h14-16,18H,3-13H2,1-2H3. The fourth-order valence-electron chi connectivity index (χ4n) is 4.00. The van der Waals surface area contributed by atoms with Gasteiger partial charge in [-0.15, -0.1) is 0 Å². The molecule has 0 aromatic carbocycles. The zero-order chi connectivity index (χ0) is 14.4. The highest BCUT2D eigenvalue weighted by atomic mass is 16.2. The lowest BCUT2D eigenvalue weighted by molar-refractivity contribution is -0.139. The minimum atomic E-state index is 0.248. The summed E-state index contributed by atoms with van der Waals surface area (Å²) in [7, 11) is 0. The van der Waals surface area contributed by atoms with Crippen LogP contribution in [0.4, 0.5) is 0 Å². The van der Waals surface area contributed by atoms with Crippen molar-refractivity contribution in [1.29, 1.82) is 0 Å². The molecule has 2 saturated heterocycles. The predicted octanol–water partition coefficient (Wildman–Crippen LogP) is 3.19. The van der Waals surface area contributed by atoms with E-state index in [0.29, 0.717) is 11.9 Å². The Balaban J connectivity index is 2.09. The molecule has 1 amide bonds. The summed E-state index contributed by atoms with van der Waals surface area (Å²) >= 11 is 0. The molecular formula is C17H32N2O. The fourth-order valence-corrected chi connectivity index (χ4v) is 4.00. The van der Waals surface area contributed by atoms with Crippen molar-refractivity contribution < 1.29 is 4.79 Å². The maximum Gasteiger partial charge on any atom is 0.225 e. The third-order valence-corrected chi connectivity index (χ3v) is 5.35. The number of amides is 1. The van der Waals surface area contributed by atoms with Crippen LogP contribution < -0.4 is 5.32 Å². The number of carbonyl (C=O) groups excluding carboxylic acids is 1. The Bertz CT molecular complexity index is 295. The fraction of sp³-hybridized carbons (Fsp3) is 0.941. The molecule has 3 nitrogen and oxygen atoms in total. The van der Waals surface area contributed by atoms with Crippen LogP contribution in [0.3, 0.4) is 0 Å². The van der Waals surface area contributed by atoms with Crippen molar-refractivity contribution >= 4 is 5.91 Å². The Labute approximate surface area is 124 Å². The van der Waals surface area contributed by atoms with Gasteiger partial charge in [-0.2, -0.15) is 0 Å². The van der Waals surface area contributed by atoms with E-state index in [4.69, 9.17) is 0 Å². The second-order valence-electron chi connectivity index (χ2n) is 6.55. The van der Waals surface area contributed by atoms with Gasteiger partial charge in [-0.05, 0) is 57.5 Å². The number of likely N-dealkylation sites (tertiary alicyclic amines) is 1. The molecule has 0 aromatic rings. The second-order valence-corrected chi connectivity index (χ2v) is 6.55. The smallest absolute Gasteiger partial charge is 0.225 e. The normalized spacial score (nSPS) is 25.8. The van der Waals surface area contributed by atoms with Gasteiger partial charge in [-0.1, -0.05) is 26.7 Å². The summed E-state index contributed by atoms with van der Waals surface area (Å²) in [5.41, 5.74) is 0. The second kappa shape index (κ2) is 8.02. The molecule has 0 aliphatic carbocycles. The maximum absolute atomic E-state index is 12.9. The quantitative estimate of drug-likeness (QED) is 0.857. The first-order valence-corrected chi connectivity index (χ1v) is 8.79. The summed E-state index contributed by atoms with van der Waals surface area (Å²) in [6, 6.07) is 0.521. The third-order valence-electron chi connectivity index (χ3n) is 5.35. The van der Waals surface area contributed by atoms with Crippen LogP contribution in [0.2, 0.25) is 0 Å². The largest absolute Gasteiger partial charge is 0.339 e. The topological polar surface area (TPSA) is 32.3 Å². The van der Waals surface area contributed by atoms with Crippen molar-refractivity contribution in [3.05, 3.63) is 0 Å². The molecule has 2 rings (SSSR count). The number of nitrogens with zero attached hydrogens (tertiary/aromatic N) is 1. The number of nitrogens with one attached hydrogen (secondary N) is 1. The van der Waals surface area contributed by atoms with E-state index < -0.39 is 0 Å². The molecule has 1 unspecified atom stereocenters. The molecule has 1 atom stereocenters. The molecule has 2 aliphatic rings. The molecule has 1 N–H and O–H groups in total. The third kappa shape index (κ3) is 3.75. The maximum atomic E-state index is 12.9. The van der Waals surface area contributed by atoms with Gasteiger partial charge >= 0.3 is 0 Å². The summed E-state index contributed by atoms with van der Waals surface area (Å²) < 4.78 is 0. The van der Waals surface area contributed by atoms with Crippen molar-refractivity contribution in [3.63, 3.8) is 0 Å². The van der Waals surface area contributed by atoms with Gasteiger partial charge in [0.25, 0.3) is 0 Å². The van der Waals surface area contributed by atoms with Crippen LogP contribution in [-0.2, 0) is 4.79 Å². The number of rotatable bonds is 4. The van der Waals surface area contributed by atoms with Gasteiger partial charge < -0.3 is 10.2 Å². The van der Waals surface area contributed by atoms with E-state index in [2.05, 4.69) is 24.1 Å². The summed E-state index contributed by atoms with van der Waals surface area (Å²) in [5.74, 6) is 1.42. The van der Waals surface area contributed by atoms with E-state index in [9.17, 15) is 4.79 Å². The average Bonchev–Trinajstić information content (AvgIpc) is 2.75. The summed E-state index contributed by atoms with van der Waals surface area (Å²) in [5, 5.41) is 3.46. The Hall–Kier alpha value is -0.570. The molecule has 2 heterocycles. The average molecular weight is 280 g/mol. The Morgan fingerprint density at radius 1 is 1.10 bits per heavy atom. The van der Waals surface area contributed by atoms with E-state index in [1.165, 1.54) is 38.5 Å². The monoisotopic (exact) mass is 280 g/mol. The van der Waals surface area contributed by atoms with Gasteiger partial charge in [0.2, 0.25) is 5.91 Å². The number of carbonyl (C=O) groups is 1. The molecule has 2 fully saturated rings. The molecule has 0 saturated carbocycles. The van der Waals surface area contributed by atoms with E-state index in [1.807, 2.05) is 0 Å². The summed E-state index contributed by atoms with van der Waals surface area (Å²) in [4.78, 5) is 15.2. The highest BCUT2D eigenvalue weighted by molar-refractivity contribution is 5.79. The predicted molar refractivity (Wildman–Crippen MR) is 83.6 cm³/mol. The lowest BCUT2D eigenvalue weighted by atomic mass is 9.86. The van der Waals surface area contributed by atoms with Crippen LogP contribution in [-0.4, -0.2) is 36.5 Å². The Morgan fingerprint density at radius 2 is 1.80 bits per heavy atom. The number of piperidine rings is 1. The van der Waals surface area contributed by atoms with Crippen molar-refractivity contribution in [2.45, 2.75) is 71.3 Å². The summed E-state index contributed by atoms with van der Waals surface area (Å²) in [6.45, 7) is 7.58. The first-order chi connectivity index (χ1) is 9.77. The minimum Gasteiger partial charge on any atom is -0.339 e. The van der Waals surface area contributed by atoms with Crippen molar-refractivity contribution in [3.8, 4) is 0 Å². The minimum absolute atomic E-state index is 0.248. The van der Waals surface area contributed by atoms with Gasteiger partial charge in [0.05, 0.1) is 0 Å². The molecule has 2 aliphatic heterocycles. The van der Waals surface area contributed by atoms with Crippen LogP contribution >= 0.6 is 0 Å². The van der Waals surface area contributed by atoms with Gasteiger partial charge in [0, 0.05) is 18.5 Å².